The van der Waals surface area contributed by atoms with Crippen molar-refractivity contribution in [3.05, 3.63) is 63.1 Å². The van der Waals surface area contributed by atoms with Crippen LogP contribution in [-0.2, 0) is 16.1 Å². The Morgan fingerprint density at radius 3 is 2.50 bits per heavy atom. The lowest BCUT2D eigenvalue weighted by Crippen LogP contribution is -2.51. The SMILES string of the molecule is CC(C)c1ccc(OCC(=O)N(Cc2cccc(Cl)c2)C(C)C(=O)NC2CCCCC2)c(Br)c1. The second kappa shape index (κ2) is 12.6. The van der Waals surface area contributed by atoms with E-state index in [1.807, 2.05) is 36.4 Å². The Morgan fingerprint density at radius 1 is 1.12 bits per heavy atom. The third-order valence-corrected chi connectivity index (χ3v) is 7.19. The van der Waals surface area contributed by atoms with Crippen molar-refractivity contribution in [3.63, 3.8) is 0 Å². The molecule has 0 aliphatic heterocycles. The van der Waals surface area contributed by atoms with Crippen molar-refractivity contribution in [2.24, 2.45) is 0 Å². The molecular weight excluding hydrogens is 516 g/mol. The average Bonchev–Trinajstić information content (AvgIpc) is 2.81. The first kappa shape index (κ1) is 26.6. The number of ether oxygens (including phenoxy) is 1. The van der Waals surface area contributed by atoms with E-state index in [-0.39, 0.29) is 31.0 Å². The molecule has 184 valence electrons. The summed E-state index contributed by atoms with van der Waals surface area (Å²) in [5, 5.41) is 3.74. The number of nitrogens with zero attached hydrogens (tertiary/aromatic N) is 1. The summed E-state index contributed by atoms with van der Waals surface area (Å²) in [5.74, 6) is 0.597. The molecule has 7 heteroatoms. The van der Waals surface area contributed by atoms with Crippen LogP contribution in [0, 0.1) is 0 Å². The number of hydrogen-bond donors (Lipinski definition) is 1. The number of benzene rings is 2. The maximum Gasteiger partial charge on any atom is 0.261 e. The number of rotatable bonds is 9. The van der Waals surface area contributed by atoms with Gasteiger partial charge in [0.2, 0.25) is 5.91 Å². The summed E-state index contributed by atoms with van der Waals surface area (Å²) in [6.45, 7) is 6.13. The number of carbonyl (C=O) groups is 2. The van der Waals surface area contributed by atoms with Gasteiger partial charge in [0, 0.05) is 17.6 Å². The van der Waals surface area contributed by atoms with Crippen molar-refractivity contribution >= 4 is 39.3 Å². The van der Waals surface area contributed by atoms with E-state index in [9.17, 15) is 9.59 Å². The summed E-state index contributed by atoms with van der Waals surface area (Å²) in [6, 6.07) is 12.8. The van der Waals surface area contributed by atoms with E-state index in [1.54, 1.807) is 17.9 Å². The first-order valence-electron chi connectivity index (χ1n) is 12.0. The van der Waals surface area contributed by atoms with E-state index in [0.717, 1.165) is 35.7 Å². The van der Waals surface area contributed by atoms with Crippen LogP contribution in [0.1, 0.15) is 69.9 Å². The van der Waals surface area contributed by atoms with Crippen molar-refractivity contribution < 1.29 is 14.3 Å². The minimum atomic E-state index is -0.635. The van der Waals surface area contributed by atoms with Gasteiger partial charge in [0.1, 0.15) is 11.8 Å². The summed E-state index contributed by atoms with van der Waals surface area (Å²) < 4.78 is 6.66. The Balaban J connectivity index is 1.72. The maximum atomic E-state index is 13.3. The molecule has 2 amide bonds. The van der Waals surface area contributed by atoms with Gasteiger partial charge in [-0.15, -0.1) is 0 Å². The Bertz CT molecular complexity index is 992. The summed E-state index contributed by atoms with van der Waals surface area (Å²) in [5.41, 5.74) is 2.04. The second-order valence-corrected chi connectivity index (χ2v) is 10.6. The van der Waals surface area contributed by atoms with E-state index in [4.69, 9.17) is 16.3 Å². The molecule has 0 bridgehead atoms. The first-order chi connectivity index (χ1) is 16.2. The molecule has 1 atom stereocenters. The summed E-state index contributed by atoms with van der Waals surface area (Å²) in [4.78, 5) is 27.9. The van der Waals surface area contributed by atoms with E-state index in [0.29, 0.717) is 16.7 Å². The summed E-state index contributed by atoms with van der Waals surface area (Å²) in [7, 11) is 0. The Kier molecular flexibility index (Phi) is 9.84. The van der Waals surface area contributed by atoms with Crippen LogP contribution in [0.25, 0.3) is 0 Å². The minimum absolute atomic E-state index is 0.134. The van der Waals surface area contributed by atoms with Crippen molar-refractivity contribution in [3.8, 4) is 5.75 Å². The lowest BCUT2D eigenvalue weighted by Gasteiger charge is -2.31. The van der Waals surface area contributed by atoms with Gasteiger partial charge in [0.15, 0.2) is 6.61 Å². The van der Waals surface area contributed by atoms with Crippen LogP contribution in [0.15, 0.2) is 46.9 Å². The summed E-state index contributed by atoms with van der Waals surface area (Å²) >= 11 is 9.70. The third-order valence-electron chi connectivity index (χ3n) is 6.33. The fourth-order valence-electron chi connectivity index (χ4n) is 4.20. The molecule has 1 fully saturated rings. The largest absolute Gasteiger partial charge is 0.483 e. The molecule has 1 aliphatic carbocycles. The zero-order chi connectivity index (χ0) is 24.7. The smallest absolute Gasteiger partial charge is 0.261 e. The molecule has 0 aromatic heterocycles. The van der Waals surface area contributed by atoms with Gasteiger partial charge in [-0.05, 0) is 77.0 Å². The molecule has 5 nitrogen and oxygen atoms in total. The highest BCUT2D eigenvalue weighted by Gasteiger charge is 2.28. The molecule has 1 saturated carbocycles. The Hall–Kier alpha value is -2.05. The van der Waals surface area contributed by atoms with Crippen LogP contribution >= 0.6 is 27.5 Å². The van der Waals surface area contributed by atoms with E-state index < -0.39 is 6.04 Å². The quantitative estimate of drug-likeness (QED) is 0.390. The molecule has 1 unspecified atom stereocenters. The van der Waals surface area contributed by atoms with Crippen LogP contribution in [0.3, 0.4) is 0 Å². The number of carbonyl (C=O) groups excluding carboxylic acids is 2. The van der Waals surface area contributed by atoms with Crippen LogP contribution < -0.4 is 10.1 Å². The molecule has 34 heavy (non-hydrogen) atoms. The normalized spacial score (nSPS) is 15.1. The zero-order valence-corrected chi connectivity index (χ0v) is 22.5. The van der Waals surface area contributed by atoms with Gasteiger partial charge in [0.25, 0.3) is 5.91 Å². The van der Waals surface area contributed by atoms with E-state index in [1.165, 1.54) is 12.0 Å². The maximum absolute atomic E-state index is 13.3. The number of amides is 2. The molecule has 3 rings (SSSR count). The molecule has 0 radical (unpaired) electrons. The minimum Gasteiger partial charge on any atom is -0.483 e. The lowest BCUT2D eigenvalue weighted by molar-refractivity contribution is -0.142. The molecule has 0 heterocycles. The van der Waals surface area contributed by atoms with Crippen LogP contribution in [0.4, 0.5) is 0 Å². The van der Waals surface area contributed by atoms with Gasteiger partial charge >= 0.3 is 0 Å². The molecule has 2 aromatic rings. The van der Waals surface area contributed by atoms with Crippen molar-refractivity contribution in [2.45, 2.75) is 77.4 Å². The van der Waals surface area contributed by atoms with Gasteiger partial charge in [0.05, 0.1) is 4.47 Å². The third kappa shape index (κ3) is 7.47. The highest BCUT2D eigenvalue weighted by Crippen LogP contribution is 2.29. The molecular formula is C27H34BrClN2O3. The standard InChI is InChI=1S/C27H34BrClN2O3/c1-18(2)21-12-13-25(24(28)15-21)34-17-26(32)31(16-20-8-7-9-22(29)14-20)19(3)27(33)30-23-10-5-4-6-11-23/h7-9,12-15,18-19,23H,4-6,10-11,16-17H2,1-3H3,(H,30,33). The fraction of sp³-hybridized carbons (Fsp3) is 0.481. The topological polar surface area (TPSA) is 58.6 Å². The van der Waals surface area contributed by atoms with Crippen LogP contribution in [0.5, 0.6) is 5.75 Å². The highest BCUT2D eigenvalue weighted by molar-refractivity contribution is 9.10. The fourth-order valence-corrected chi connectivity index (χ4v) is 4.92. The Morgan fingerprint density at radius 2 is 1.85 bits per heavy atom. The second-order valence-electron chi connectivity index (χ2n) is 9.30. The molecule has 1 aliphatic rings. The molecule has 0 saturated heterocycles. The van der Waals surface area contributed by atoms with Crippen molar-refractivity contribution in [2.75, 3.05) is 6.61 Å². The van der Waals surface area contributed by atoms with Crippen LogP contribution in [-0.4, -0.2) is 35.4 Å². The number of nitrogens with one attached hydrogen (secondary N) is 1. The monoisotopic (exact) mass is 548 g/mol. The summed E-state index contributed by atoms with van der Waals surface area (Å²) in [6.07, 6.45) is 5.45. The Labute approximate surface area is 216 Å². The van der Waals surface area contributed by atoms with Gasteiger partial charge < -0.3 is 15.0 Å². The van der Waals surface area contributed by atoms with Crippen molar-refractivity contribution in [1.29, 1.82) is 0 Å². The number of hydrogen-bond acceptors (Lipinski definition) is 3. The predicted octanol–water partition coefficient (Wildman–Crippen LogP) is 6.47. The molecule has 1 N–H and O–H groups in total. The van der Waals surface area contributed by atoms with Gasteiger partial charge in [-0.1, -0.05) is 62.9 Å². The predicted molar refractivity (Wildman–Crippen MR) is 140 cm³/mol. The van der Waals surface area contributed by atoms with Gasteiger partial charge in [-0.25, -0.2) is 0 Å². The van der Waals surface area contributed by atoms with Crippen molar-refractivity contribution in [1.82, 2.24) is 10.2 Å². The van der Waals surface area contributed by atoms with Crippen LogP contribution in [0.2, 0.25) is 5.02 Å². The average molecular weight is 550 g/mol. The lowest BCUT2D eigenvalue weighted by atomic mass is 9.95. The van der Waals surface area contributed by atoms with E-state index >= 15 is 0 Å². The first-order valence-corrected chi connectivity index (χ1v) is 13.2. The number of halogens is 2. The van der Waals surface area contributed by atoms with Gasteiger partial charge in [-0.3, -0.25) is 9.59 Å². The van der Waals surface area contributed by atoms with Gasteiger partial charge in [-0.2, -0.15) is 0 Å². The van der Waals surface area contributed by atoms with E-state index in [2.05, 4.69) is 35.1 Å². The molecule has 0 spiro atoms. The zero-order valence-electron chi connectivity index (χ0n) is 20.2. The highest BCUT2D eigenvalue weighted by atomic mass is 79.9. The molecule has 2 aromatic carbocycles.